The lowest BCUT2D eigenvalue weighted by molar-refractivity contribution is -0.144. The molecule has 1 heterocycles. The van der Waals surface area contributed by atoms with E-state index in [1.807, 2.05) is 0 Å². The van der Waals surface area contributed by atoms with Gasteiger partial charge in [0.2, 0.25) is 5.91 Å². The molecule has 1 aliphatic heterocycles. The molecule has 22 heavy (non-hydrogen) atoms. The topological polar surface area (TPSA) is 88.1 Å². The molecule has 0 spiro atoms. The van der Waals surface area contributed by atoms with Gasteiger partial charge in [-0.2, -0.15) is 0 Å². The number of methoxy groups -OCH3 is 2. The molecule has 120 valence electrons. The van der Waals surface area contributed by atoms with Crippen molar-refractivity contribution in [3.8, 4) is 11.5 Å². The van der Waals surface area contributed by atoms with E-state index in [0.29, 0.717) is 22.9 Å². The summed E-state index contributed by atoms with van der Waals surface area (Å²) in [6, 6.07) is 2.77. The van der Waals surface area contributed by atoms with Gasteiger partial charge in [0.15, 0.2) is 11.5 Å². The molecule has 1 aromatic carbocycles. The highest BCUT2D eigenvalue weighted by atomic mass is 16.5. The summed E-state index contributed by atoms with van der Waals surface area (Å²) < 4.78 is 10.5. The van der Waals surface area contributed by atoms with Crippen LogP contribution < -0.4 is 19.7 Å². The summed E-state index contributed by atoms with van der Waals surface area (Å²) in [5.74, 6) is -0.470. The summed E-state index contributed by atoms with van der Waals surface area (Å²) in [5.41, 5.74) is -0.311. The lowest BCUT2D eigenvalue weighted by atomic mass is 9.97. The molecule has 2 rings (SSSR count). The zero-order chi connectivity index (χ0) is 16.7. The Kier molecular flexibility index (Phi) is 3.91. The first-order chi connectivity index (χ1) is 10.2. The van der Waals surface area contributed by atoms with E-state index in [9.17, 15) is 14.7 Å². The van der Waals surface area contributed by atoms with Gasteiger partial charge in [-0.3, -0.25) is 9.69 Å². The van der Waals surface area contributed by atoms with E-state index in [1.54, 1.807) is 19.1 Å². The standard InChI is InChI=1S/C15H20N2O5/c1-8-13(18)17(15(2,3)14(19)20)10-7-12(22-5)11(21-4)6-9(10)16-8/h6-8,16H,1-5H3,(H,19,20). The second-order valence-electron chi connectivity index (χ2n) is 5.63. The summed E-state index contributed by atoms with van der Waals surface area (Å²) in [4.78, 5) is 25.4. The van der Waals surface area contributed by atoms with Crippen LogP contribution in [0, 0.1) is 0 Å². The second-order valence-corrected chi connectivity index (χ2v) is 5.63. The van der Waals surface area contributed by atoms with Crippen LogP contribution in [0.25, 0.3) is 0 Å². The summed E-state index contributed by atoms with van der Waals surface area (Å²) >= 11 is 0. The number of ether oxygens (including phenoxy) is 2. The average Bonchev–Trinajstić information content (AvgIpc) is 2.46. The van der Waals surface area contributed by atoms with Gasteiger partial charge in [-0.1, -0.05) is 0 Å². The van der Waals surface area contributed by atoms with E-state index in [1.165, 1.54) is 33.0 Å². The van der Waals surface area contributed by atoms with Crippen LogP contribution in [-0.4, -0.2) is 42.8 Å². The molecule has 2 N–H and O–H groups in total. The van der Waals surface area contributed by atoms with Crippen molar-refractivity contribution in [1.82, 2.24) is 0 Å². The summed E-state index contributed by atoms with van der Waals surface area (Å²) in [7, 11) is 3.00. The maximum absolute atomic E-state index is 12.5. The summed E-state index contributed by atoms with van der Waals surface area (Å²) in [6.45, 7) is 4.67. The minimum absolute atomic E-state index is 0.313. The Hall–Kier alpha value is -2.44. The van der Waals surface area contributed by atoms with E-state index in [-0.39, 0.29) is 5.91 Å². The largest absolute Gasteiger partial charge is 0.493 e. The highest BCUT2D eigenvalue weighted by Crippen LogP contribution is 2.43. The number of rotatable bonds is 4. The first kappa shape index (κ1) is 15.9. The van der Waals surface area contributed by atoms with Gasteiger partial charge in [-0.15, -0.1) is 0 Å². The molecule has 1 aromatic rings. The van der Waals surface area contributed by atoms with Gasteiger partial charge in [-0.25, -0.2) is 4.79 Å². The fourth-order valence-electron chi connectivity index (χ4n) is 2.45. The van der Waals surface area contributed by atoms with Crippen LogP contribution in [0.4, 0.5) is 11.4 Å². The quantitative estimate of drug-likeness (QED) is 0.880. The maximum atomic E-state index is 12.5. The zero-order valence-corrected chi connectivity index (χ0v) is 13.3. The number of carboxylic acid groups (broad SMARTS) is 1. The third-order valence-electron chi connectivity index (χ3n) is 3.79. The Bertz CT molecular complexity index is 627. The molecule has 0 saturated carbocycles. The van der Waals surface area contributed by atoms with Crippen molar-refractivity contribution in [2.75, 3.05) is 24.4 Å². The number of benzene rings is 1. The van der Waals surface area contributed by atoms with Gasteiger partial charge in [0.1, 0.15) is 11.6 Å². The Morgan fingerprint density at radius 1 is 1.27 bits per heavy atom. The Balaban J connectivity index is 2.67. The third-order valence-corrected chi connectivity index (χ3v) is 3.79. The molecular weight excluding hydrogens is 288 g/mol. The molecule has 1 aliphatic rings. The van der Waals surface area contributed by atoms with E-state index < -0.39 is 17.6 Å². The van der Waals surface area contributed by atoms with Crippen molar-refractivity contribution in [3.05, 3.63) is 12.1 Å². The first-order valence-corrected chi connectivity index (χ1v) is 6.84. The van der Waals surface area contributed by atoms with E-state index >= 15 is 0 Å². The molecule has 0 radical (unpaired) electrons. The molecule has 1 unspecified atom stereocenters. The van der Waals surface area contributed by atoms with Gasteiger partial charge in [0.05, 0.1) is 25.6 Å². The third kappa shape index (κ3) is 2.32. The monoisotopic (exact) mass is 308 g/mol. The molecule has 0 aromatic heterocycles. The van der Waals surface area contributed by atoms with Crippen LogP contribution in [0.3, 0.4) is 0 Å². The number of nitrogens with one attached hydrogen (secondary N) is 1. The molecule has 0 bridgehead atoms. The molecule has 0 aliphatic carbocycles. The minimum Gasteiger partial charge on any atom is -0.493 e. The summed E-state index contributed by atoms with van der Waals surface area (Å²) in [6.07, 6.45) is 0. The SMILES string of the molecule is COc1cc2c(cc1OC)N(C(C)(C)C(=O)O)C(=O)C(C)N2. The zero-order valence-electron chi connectivity index (χ0n) is 13.3. The van der Waals surface area contributed by atoms with Crippen LogP contribution in [0.1, 0.15) is 20.8 Å². The number of nitrogens with zero attached hydrogens (tertiary/aromatic N) is 1. The number of fused-ring (bicyclic) bond motifs is 1. The lowest BCUT2D eigenvalue weighted by Gasteiger charge is -2.41. The van der Waals surface area contributed by atoms with Gasteiger partial charge in [0, 0.05) is 12.1 Å². The number of aliphatic carboxylic acids is 1. The normalized spacial score (nSPS) is 17.6. The minimum atomic E-state index is -1.39. The van der Waals surface area contributed by atoms with Crippen LogP contribution in [0.2, 0.25) is 0 Å². The average molecular weight is 308 g/mol. The molecule has 0 fully saturated rings. The molecule has 1 amide bonds. The van der Waals surface area contributed by atoms with Crippen molar-refractivity contribution < 1.29 is 24.2 Å². The number of anilines is 2. The van der Waals surface area contributed by atoms with Crippen molar-refractivity contribution in [2.45, 2.75) is 32.4 Å². The van der Waals surface area contributed by atoms with Crippen molar-refractivity contribution >= 4 is 23.3 Å². The van der Waals surface area contributed by atoms with Crippen LogP contribution in [0.15, 0.2) is 12.1 Å². The van der Waals surface area contributed by atoms with E-state index in [2.05, 4.69) is 5.32 Å². The molecule has 7 nitrogen and oxygen atoms in total. The van der Waals surface area contributed by atoms with E-state index in [4.69, 9.17) is 9.47 Å². The number of amides is 1. The first-order valence-electron chi connectivity index (χ1n) is 6.84. The Morgan fingerprint density at radius 2 is 1.82 bits per heavy atom. The van der Waals surface area contributed by atoms with Gasteiger partial charge < -0.3 is 19.9 Å². The second kappa shape index (κ2) is 5.40. The number of carbonyl (C=O) groups is 2. The highest BCUT2D eigenvalue weighted by molar-refractivity contribution is 6.09. The number of carbonyl (C=O) groups excluding carboxylic acids is 1. The fourth-order valence-corrected chi connectivity index (χ4v) is 2.45. The van der Waals surface area contributed by atoms with Crippen LogP contribution >= 0.6 is 0 Å². The molecular formula is C15H20N2O5. The smallest absolute Gasteiger partial charge is 0.329 e. The van der Waals surface area contributed by atoms with Crippen LogP contribution in [-0.2, 0) is 9.59 Å². The molecule has 0 saturated heterocycles. The van der Waals surface area contributed by atoms with Crippen molar-refractivity contribution in [2.24, 2.45) is 0 Å². The van der Waals surface area contributed by atoms with Gasteiger partial charge >= 0.3 is 5.97 Å². The summed E-state index contributed by atoms with van der Waals surface area (Å²) in [5, 5.41) is 12.5. The molecule has 7 heteroatoms. The van der Waals surface area contributed by atoms with Gasteiger partial charge in [0.25, 0.3) is 0 Å². The maximum Gasteiger partial charge on any atom is 0.329 e. The van der Waals surface area contributed by atoms with Crippen molar-refractivity contribution in [3.63, 3.8) is 0 Å². The van der Waals surface area contributed by atoms with Gasteiger partial charge in [-0.05, 0) is 20.8 Å². The number of hydrogen-bond acceptors (Lipinski definition) is 5. The Labute approximate surface area is 128 Å². The lowest BCUT2D eigenvalue weighted by Crippen LogP contribution is -2.59. The molecule has 1 atom stereocenters. The predicted octanol–water partition coefficient (Wildman–Crippen LogP) is 1.71. The Morgan fingerprint density at radius 3 is 2.32 bits per heavy atom. The fraction of sp³-hybridized carbons (Fsp3) is 0.467. The van der Waals surface area contributed by atoms with Crippen LogP contribution in [0.5, 0.6) is 11.5 Å². The number of carboxylic acids is 1. The predicted molar refractivity (Wildman–Crippen MR) is 81.8 cm³/mol. The van der Waals surface area contributed by atoms with Crippen molar-refractivity contribution in [1.29, 1.82) is 0 Å². The number of hydrogen-bond donors (Lipinski definition) is 2. The van der Waals surface area contributed by atoms with E-state index in [0.717, 1.165) is 0 Å². The highest BCUT2D eigenvalue weighted by Gasteiger charge is 2.44.